The second-order valence-corrected chi connectivity index (χ2v) is 7.56. The molecule has 4 aromatic heterocycles. The molecule has 9 heteroatoms. The largest absolute Gasteiger partial charge is 0.463 e. The van der Waals surface area contributed by atoms with Gasteiger partial charge in [0.25, 0.3) is 0 Å². The van der Waals surface area contributed by atoms with Crippen molar-refractivity contribution in [1.29, 1.82) is 0 Å². The third kappa shape index (κ3) is 2.81. The zero-order chi connectivity index (χ0) is 19.4. The van der Waals surface area contributed by atoms with E-state index in [2.05, 4.69) is 29.8 Å². The normalized spacial score (nSPS) is 16.2. The molecule has 1 aliphatic carbocycles. The number of aryl methyl sites for hydroxylation is 1. The van der Waals surface area contributed by atoms with Crippen LogP contribution >= 0.6 is 0 Å². The SMILES string of the molecule is Cc1cc(-c2cnc(N3CCn4c(nnc4C4CC4)C3)nc2-c2ccco2)on1. The summed E-state index contributed by atoms with van der Waals surface area (Å²) in [6.45, 7) is 4.17. The zero-order valence-corrected chi connectivity index (χ0v) is 15.9. The highest BCUT2D eigenvalue weighted by Gasteiger charge is 2.32. The van der Waals surface area contributed by atoms with Gasteiger partial charge in [0.1, 0.15) is 11.5 Å². The number of anilines is 1. The molecule has 0 amide bonds. The Hall–Kier alpha value is -3.49. The van der Waals surface area contributed by atoms with Crippen LogP contribution in [0.3, 0.4) is 0 Å². The standard InChI is InChI=1S/C20H19N7O2/c1-12-9-16(29-25-12)14-10-21-20(22-18(14)15-3-2-8-28-15)26-6-7-27-17(11-26)23-24-19(27)13-4-5-13/h2-3,8-10,13H,4-7,11H2,1H3. The molecule has 0 spiro atoms. The fraction of sp³-hybridized carbons (Fsp3) is 0.350. The van der Waals surface area contributed by atoms with Gasteiger partial charge in [-0.05, 0) is 31.9 Å². The Labute approximate surface area is 166 Å². The molecule has 0 radical (unpaired) electrons. The first-order chi connectivity index (χ1) is 14.3. The number of nitrogens with zero attached hydrogens (tertiary/aromatic N) is 7. The highest BCUT2D eigenvalue weighted by atomic mass is 16.5. The van der Waals surface area contributed by atoms with Gasteiger partial charge in [-0.1, -0.05) is 5.16 Å². The third-order valence-electron chi connectivity index (χ3n) is 5.43. The van der Waals surface area contributed by atoms with Gasteiger partial charge in [0.05, 0.1) is 24.1 Å². The maximum absolute atomic E-state index is 5.63. The van der Waals surface area contributed by atoms with Gasteiger partial charge >= 0.3 is 0 Å². The van der Waals surface area contributed by atoms with E-state index in [1.54, 1.807) is 12.5 Å². The molecule has 0 bridgehead atoms. The lowest BCUT2D eigenvalue weighted by molar-refractivity contribution is 0.427. The molecule has 5 heterocycles. The van der Waals surface area contributed by atoms with E-state index >= 15 is 0 Å². The summed E-state index contributed by atoms with van der Waals surface area (Å²) < 4.78 is 13.3. The van der Waals surface area contributed by atoms with Crippen molar-refractivity contribution in [2.24, 2.45) is 0 Å². The molecule has 4 aromatic rings. The van der Waals surface area contributed by atoms with E-state index in [0.29, 0.717) is 35.6 Å². The van der Waals surface area contributed by atoms with Crippen LogP contribution in [0.25, 0.3) is 22.8 Å². The van der Waals surface area contributed by atoms with Crippen molar-refractivity contribution < 1.29 is 8.94 Å². The van der Waals surface area contributed by atoms with E-state index in [-0.39, 0.29) is 0 Å². The van der Waals surface area contributed by atoms with Crippen LogP contribution in [0.5, 0.6) is 0 Å². The first kappa shape index (κ1) is 16.5. The van der Waals surface area contributed by atoms with Gasteiger partial charge in [0.15, 0.2) is 17.3 Å². The lowest BCUT2D eigenvalue weighted by Gasteiger charge is -2.28. The van der Waals surface area contributed by atoms with Crippen LogP contribution in [0.15, 0.2) is 39.6 Å². The predicted octanol–water partition coefficient (Wildman–Crippen LogP) is 3.19. The molecule has 1 saturated carbocycles. The maximum Gasteiger partial charge on any atom is 0.226 e. The fourth-order valence-electron chi connectivity index (χ4n) is 3.79. The van der Waals surface area contributed by atoms with E-state index in [0.717, 1.165) is 36.0 Å². The van der Waals surface area contributed by atoms with Crippen molar-refractivity contribution in [2.45, 2.75) is 38.8 Å². The highest BCUT2D eigenvalue weighted by Crippen LogP contribution is 2.40. The monoisotopic (exact) mass is 389 g/mol. The van der Waals surface area contributed by atoms with Crippen molar-refractivity contribution in [2.75, 3.05) is 11.4 Å². The molecule has 6 rings (SSSR count). The molecular weight excluding hydrogens is 370 g/mol. The van der Waals surface area contributed by atoms with Crippen LogP contribution in [-0.2, 0) is 13.1 Å². The van der Waals surface area contributed by atoms with Crippen LogP contribution in [0.2, 0.25) is 0 Å². The summed E-state index contributed by atoms with van der Waals surface area (Å²) in [6, 6.07) is 5.59. The minimum Gasteiger partial charge on any atom is -0.463 e. The number of fused-ring (bicyclic) bond motifs is 1. The first-order valence-corrected chi connectivity index (χ1v) is 9.78. The lowest BCUT2D eigenvalue weighted by Crippen LogP contribution is -2.35. The summed E-state index contributed by atoms with van der Waals surface area (Å²) in [6.07, 6.45) is 5.85. The summed E-state index contributed by atoms with van der Waals surface area (Å²) in [5, 5.41) is 12.8. The topological polar surface area (TPSA) is 98.9 Å². The van der Waals surface area contributed by atoms with Gasteiger partial charge in [-0.2, -0.15) is 0 Å². The summed E-state index contributed by atoms with van der Waals surface area (Å²) in [5.74, 6) is 4.61. The smallest absolute Gasteiger partial charge is 0.226 e. The third-order valence-corrected chi connectivity index (χ3v) is 5.43. The number of furan rings is 1. The van der Waals surface area contributed by atoms with Crippen LogP contribution < -0.4 is 4.90 Å². The Kier molecular flexibility index (Phi) is 3.56. The molecule has 29 heavy (non-hydrogen) atoms. The Morgan fingerprint density at radius 1 is 1.14 bits per heavy atom. The van der Waals surface area contributed by atoms with Crippen molar-refractivity contribution in [3.8, 4) is 22.8 Å². The van der Waals surface area contributed by atoms with E-state index in [9.17, 15) is 0 Å². The second-order valence-electron chi connectivity index (χ2n) is 7.56. The van der Waals surface area contributed by atoms with E-state index in [4.69, 9.17) is 13.9 Å². The van der Waals surface area contributed by atoms with Crippen molar-refractivity contribution in [3.63, 3.8) is 0 Å². The van der Waals surface area contributed by atoms with Crippen LogP contribution in [0, 0.1) is 6.92 Å². The average molecular weight is 389 g/mol. The maximum atomic E-state index is 5.63. The molecule has 0 unspecified atom stereocenters. The minimum atomic E-state index is 0.592. The second kappa shape index (κ2) is 6.26. The quantitative estimate of drug-likeness (QED) is 0.525. The first-order valence-electron chi connectivity index (χ1n) is 9.78. The van der Waals surface area contributed by atoms with Gasteiger partial charge < -0.3 is 18.4 Å². The Morgan fingerprint density at radius 2 is 2.07 bits per heavy atom. The van der Waals surface area contributed by atoms with Crippen molar-refractivity contribution in [1.82, 2.24) is 29.9 Å². The Morgan fingerprint density at radius 3 is 2.83 bits per heavy atom. The number of hydrogen-bond donors (Lipinski definition) is 0. The van der Waals surface area contributed by atoms with E-state index in [1.807, 2.05) is 25.1 Å². The molecule has 146 valence electrons. The summed E-state index contributed by atoms with van der Waals surface area (Å²) in [7, 11) is 0. The molecule has 0 N–H and O–H groups in total. The Bertz CT molecular complexity index is 1170. The Balaban J connectivity index is 1.37. The molecule has 9 nitrogen and oxygen atoms in total. The molecule has 0 saturated heterocycles. The minimum absolute atomic E-state index is 0.592. The van der Waals surface area contributed by atoms with Gasteiger partial charge in [0.2, 0.25) is 5.95 Å². The summed E-state index contributed by atoms with van der Waals surface area (Å²) in [5.41, 5.74) is 2.23. The molecule has 1 fully saturated rings. The lowest BCUT2D eigenvalue weighted by atomic mass is 10.1. The number of rotatable bonds is 4. The molecule has 0 aromatic carbocycles. The van der Waals surface area contributed by atoms with Crippen LogP contribution in [0.4, 0.5) is 5.95 Å². The molecule has 2 aliphatic rings. The van der Waals surface area contributed by atoms with E-state index in [1.165, 1.54) is 12.8 Å². The van der Waals surface area contributed by atoms with Crippen molar-refractivity contribution in [3.05, 3.63) is 48.0 Å². The summed E-state index contributed by atoms with van der Waals surface area (Å²) in [4.78, 5) is 11.6. The van der Waals surface area contributed by atoms with Crippen LogP contribution in [-0.4, -0.2) is 36.4 Å². The number of hydrogen-bond acceptors (Lipinski definition) is 8. The molecular formula is C20H19N7O2. The van der Waals surface area contributed by atoms with E-state index < -0.39 is 0 Å². The highest BCUT2D eigenvalue weighted by molar-refractivity contribution is 5.75. The van der Waals surface area contributed by atoms with Gasteiger partial charge in [-0.25, -0.2) is 9.97 Å². The van der Waals surface area contributed by atoms with Gasteiger partial charge in [-0.15, -0.1) is 10.2 Å². The molecule has 0 atom stereocenters. The zero-order valence-electron chi connectivity index (χ0n) is 15.9. The predicted molar refractivity (Wildman–Crippen MR) is 103 cm³/mol. The average Bonchev–Trinajstić information content (AvgIpc) is 3.13. The molecule has 1 aliphatic heterocycles. The van der Waals surface area contributed by atoms with Crippen molar-refractivity contribution >= 4 is 5.95 Å². The summed E-state index contributed by atoms with van der Waals surface area (Å²) >= 11 is 0. The fourth-order valence-corrected chi connectivity index (χ4v) is 3.79. The number of aromatic nitrogens is 6. The van der Waals surface area contributed by atoms with Gasteiger partial charge in [0, 0.05) is 31.3 Å². The van der Waals surface area contributed by atoms with Crippen LogP contribution in [0.1, 0.15) is 36.1 Å². The van der Waals surface area contributed by atoms with Gasteiger partial charge in [-0.3, -0.25) is 0 Å².